The zero-order valence-electron chi connectivity index (χ0n) is 12.1. The van der Waals surface area contributed by atoms with E-state index in [9.17, 15) is 0 Å². The van der Waals surface area contributed by atoms with Crippen LogP contribution in [0.1, 0.15) is 12.5 Å². The average molecular weight is 290 g/mol. The quantitative estimate of drug-likeness (QED) is 0.740. The van der Waals surface area contributed by atoms with Crippen LogP contribution in [0.4, 0.5) is 0 Å². The number of nitriles is 1. The van der Waals surface area contributed by atoms with Gasteiger partial charge in [-0.15, -0.1) is 5.10 Å². The highest BCUT2D eigenvalue weighted by molar-refractivity contribution is 5.59. The summed E-state index contributed by atoms with van der Waals surface area (Å²) in [4.78, 5) is 0. The van der Waals surface area contributed by atoms with Crippen LogP contribution in [-0.4, -0.2) is 21.6 Å². The van der Waals surface area contributed by atoms with Crippen LogP contribution in [-0.2, 0) is 0 Å². The molecule has 22 heavy (non-hydrogen) atoms. The lowest BCUT2D eigenvalue weighted by atomic mass is 10.1. The molecule has 0 unspecified atom stereocenters. The van der Waals surface area contributed by atoms with Gasteiger partial charge in [0.25, 0.3) is 0 Å². The molecule has 0 atom stereocenters. The summed E-state index contributed by atoms with van der Waals surface area (Å²) in [5, 5.41) is 17.1. The summed E-state index contributed by atoms with van der Waals surface area (Å²) in [5.74, 6) is 0.832. The third kappa shape index (κ3) is 2.81. The number of rotatable bonds is 4. The summed E-state index contributed by atoms with van der Waals surface area (Å²) < 4.78 is 7.13. The zero-order valence-corrected chi connectivity index (χ0v) is 12.1. The number of ether oxygens (including phenoxy) is 1. The molecule has 1 aromatic heterocycles. The Labute approximate surface area is 128 Å². The van der Waals surface area contributed by atoms with Crippen molar-refractivity contribution >= 4 is 0 Å². The van der Waals surface area contributed by atoms with Crippen LogP contribution >= 0.6 is 0 Å². The molecule has 0 N–H and O–H groups in total. The van der Waals surface area contributed by atoms with Gasteiger partial charge in [-0.25, -0.2) is 4.68 Å². The van der Waals surface area contributed by atoms with Crippen molar-refractivity contribution in [1.82, 2.24) is 15.0 Å². The van der Waals surface area contributed by atoms with Gasteiger partial charge in [-0.3, -0.25) is 0 Å². The van der Waals surface area contributed by atoms with Gasteiger partial charge in [-0.1, -0.05) is 17.3 Å². The molecule has 3 aromatic rings. The molecule has 108 valence electrons. The molecule has 2 aromatic carbocycles. The molecule has 5 heteroatoms. The summed E-state index contributed by atoms with van der Waals surface area (Å²) in [7, 11) is 0. The van der Waals surface area contributed by atoms with Gasteiger partial charge in [-0.05, 0) is 43.3 Å². The van der Waals surface area contributed by atoms with Gasteiger partial charge in [0, 0.05) is 5.56 Å². The minimum absolute atomic E-state index is 0.627. The normalized spacial score (nSPS) is 10.2. The molecular weight excluding hydrogens is 276 g/mol. The molecule has 5 nitrogen and oxygen atoms in total. The largest absolute Gasteiger partial charge is 0.494 e. The van der Waals surface area contributed by atoms with Crippen LogP contribution in [0, 0.1) is 11.3 Å². The molecule has 0 bridgehead atoms. The zero-order chi connectivity index (χ0) is 15.4. The summed E-state index contributed by atoms with van der Waals surface area (Å²) in [6.07, 6.45) is 1.86. The lowest BCUT2D eigenvalue weighted by Crippen LogP contribution is -1.96. The molecule has 0 saturated heterocycles. The second-order valence-corrected chi connectivity index (χ2v) is 4.66. The van der Waals surface area contributed by atoms with Crippen molar-refractivity contribution in [2.75, 3.05) is 6.61 Å². The van der Waals surface area contributed by atoms with Crippen LogP contribution in [0.5, 0.6) is 5.75 Å². The summed E-state index contributed by atoms with van der Waals surface area (Å²) in [5.41, 5.74) is 3.23. The minimum Gasteiger partial charge on any atom is -0.494 e. The number of hydrogen-bond donors (Lipinski definition) is 0. The number of nitrogens with zero attached hydrogens (tertiary/aromatic N) is 4. The third-order valence-corrected chi connectivity index (χ3v) is 3.22. The first-order valence-electron chi connectivity index (χ1n) is 6.96. The van der Waals surface area contributed by atoms with E-state index in [1.54, 1.807) is 16.8 Å². The molecule has 0 aliphatic heterocycles. The molecule has 3 rings (SSSR count). The Morgan fingerprint density at radius 3 is 2.45 bits per heavy atom. The second-order valence-electron chi connectivity index (χ2n) is 4.66. The molecule has 0 fully saturated rings. The van der Waals surface area contributed by atoms with Crippen LogP contribution in [0.25, 0.3) is 16.9 Å². The molecule has 0 amide bonds. The van der Waals surface area contributed by atoms with Crippen molar-refractivity contribution in [2.45, 2.75) is 6.92 Å². The van der Waals surface area contributed by atoms with Gasteiger partial charge in [0.1, 0.15) is 11.4 Å². The van der Waals surface area contributed by atoms with E-state index >= 15 is 0 Å². The maximum absolute atomic E-state index is 8.82. The highest BCUT2D eigenvalue weighted by Crippen LogP contribution is 2.19. The molecule has 1 heterocycles. The van der Waals surface area contributed by atoms with E-state index < -0.39 is 0 Å². The Hall–Kier alpha value is -3.13. The lowest BCUT2D eigenvalue weighted by molar-refractivity contribution is 0.340. The Morgan fingerprint density at radius 1 is 1.09 bits per heavy atom. The molecule has 0 aliphatic rings. The molecule has 0 saturated carbocycles. The smallest absolute Gasteiger partial charge is 0.119 e. The van der Waals surface area contributed by atoms with Crippen LogP contribution in [0.3, 0.4) is 0 Å². The van der Waals surface area contributed by atoms with Crippen molar-refractivity contribution in [2.24, 2.45) is 0 Å². The van der Waals surface area contributed by atoms with Gasteiger partial charge in [0.2, 0.25) is 0 Å². The summed E-state index contributed by atoms with van der Waals surface area (Å²) >= 11 is 0. The fourth-order valence-electron chi connectivity index (χ4n) is 2.10. The van der Waals surface area contributed by atoms with Gasteiger partial charge >= 0.3 is 0 Å². The molecular formula is C17H14N4O. The summed E-state index contributed by atoms with van der Waals surface area (Å²) in [6, 6.07) is 17.0. The maximum Gasteiger partial charge on any atom is 0.119 e. The highest BCUT2D eigenvalue weighted by Gasteiger charge is 2.05. The van der Waals surface area contributed by atoms with Gasteiger partial charge < -0.3 is 4.74 Å². The maximum atomic E-state index is 8.82. The fourth-order valence-corrected chi connectivity index (χ4v) is 2.10. The number of hydrogen-bond acceptors (Lipinski definition) is 4. The van der Waals surface area contributed by atoms with E-state index in [-0.39, 0.29) is 0 Å². The fraction of sp³-hybridized carbons (Fsp3) is 0.118. The van der Waals surface area contributed by atoms with E-state index in [4.69, 9.17) is 10.00 Å². The SMILES string of the molecule is CCOc1ccc(-n2cc(-c3ccc(C#N)cc3)nn2)cc1. The van der Waals surface area contributed by atoms with Gasteiger partial charge in [-0.2, -0.15) is 5.26 Å². The first kappa shape index (κ1) is 13.8. The monoisotopic (exact) mass is 290 g/mol. The predicted molar refractivity (Wildman–Crippen MR) is 82.7 cm³/mol. The summed E-state index contributed by atoms with van der Waals surface area (Å²) in [6.45, 7) is 2.60. The predicted octanol–water partition coefficient (Wildman–Crippen LogP) is 3.20. The minimum atomic E-state index is 0.627. The van der Waals surface area contributed by atoms with E-state index in [1.807, 2.05) is 49.5 Å². The van der Waals surface area contributed by atoms with E-state index in [1.165, 1.54) is 0 Å². The van der Waals surface area contributed by atoms with Crippen LogP contribution in [0.15, 0.2) is 54.7 Å². The van der Waals surface area contributed by atoms with Crippen molar-refractivity contribution < 1.29 is 4.74 Å². The van der Waals surface area contributed by atoms with Gasteiger partial charge in [0.05, 0.1) is 30.1 Å². The average Bonchev–Trinajstić information content (AvgIpc) is 3.06. The second kappa shape index (κ2) is 6.10. The van der Waals surface area contributed by atoms with Crippen LogP contribution < -0.4 is 4.74 Å². The molecule has 0 spiro atoms. The van der Waals surface area contributed by atoms with Crippen molar-refractivity contribution in [3.63, 3.8) is 0 Å². The Balaban J connectivity index is 1.85. The van der Waals surface area contributed by atoms with Crippen molar-refractivity contribution in [3.8, 4) is 28.8 Å². The Kier molecular flexibility index (Phi) is 3.84. The van der Waals surface area contributed by atoms with Crippen molar-refractivity contribution in [3.05, 3.63) is 60.3 Å². The third-order valence-electron chi connectivity index (χ3n) is 3.22. The van der Waals surface area contributed by atoms with Crippen LogP contribution in [0.2, 0.25) is 0 Å². The topological polar surface area (TPSA) is 63.7 Å². The highest BCUT2D eigenvalue weighted by atomic mass is 16.5. The van der Waals surface area contributed by atoms with E-state index in [0.717, 1.165) is 22.7 Å². The van der Waals surface area contributed by atoms with Crippen molar-refractivity contribution in [1.29, 1.82) is 5.26 Å². The number of benzene rings is 2. The molecule has 0 aliphatic carbocycles. The van der Waals surface area contributed by atoms with E-state index in [2.05, 4.69) is 16.4 Å². The number of aromatic nitrogens is 3. The Bertz CT molecular complexity index is 798. The van der Waals surface area contributed by atoms with Gasteiger partial charge in [0.15, 0.2) is 0 Å². The first-order chi connectivity index (χ1) is 10.8. The first-order valence-corrected chi connectivity index (χ1v) is 6.96. The standard InChI is InChI=1S/C17H14N4O/c1-2-22-16-9-7-15(8-10-16)21-12-17(19-20-21)14-5-3-13(11-18)4-6-14/h3-10,12H,2H2,1H3. The Morgan fingerprint density at radius 2 is 1.82 bits per heavy atom. The molecule has 0 radical (unpaired) electrons. The van der Waals surface area contributed by atoms with E-state index in [0.29, 0.717) is 12.2 Å². The lowest BCUT2D eigenvalue weighted by Gasteiger charge is -2.04.